The van der Waals surface area contributed by atoms with Gasteiger partial charge in [-0.3, -0.25) is 9.59 Å². The molecule has 0 bridgehead atoms. The highest BCUT2D eigenvalue weighted by Crippen LogP contribution is 2.26. The Hall–Kier alpha value is -2.24. The van der Waals surface area contributed by atoms with Crippen LogP contribution in [0.2, 0.25) is 0 Å². The smallest absolute Gasteiger partial charge is 0.309 e. The third kappa shape index (κ3) is 7.33. The minimum atomic E-state index is -0.449. The number of para-hydroxylation sites is 2. The molecular formula is C20H29NO5. The maximum absolute atomic E-state index is 11.9. The zero-order chi connectivity index (χ0) is 18.6. The van der Waals surface area contributed by atoms with Gasteiger partial charge < -0.3 is 19.5 Å². The van der Waals surface area contributed by atoms with Crippen LogP contribution in [0.5, 0.6) is 11.5 Å². The number of hydrogen-bond acceptors (Lipinski definition) is 5. The molecule has 144 valence electrons. The summed E-state index contributed by atoms with van der Waals surface area (Å²) in [5, 5.41) is 2.95. The Morgan fingerprint density at radius 3 is 2.35 bits per heavy atom. The van der Waals surface area contributed by atoms with E-state index in [0.29, 0.717) is 18.1 Å². The normalized spacial score (nSPS) is 15.0. The highest BCUT2D eigenvalue weighted by molar-refractivity contribution is 5.80. The lowest BCUT2D eigenvalue weighted by Gasteiger charge is -2.16. The fourth-order valence-corrected chi connectivity index (χ4v) is 3.00. The van der Waals surface area contributed by atoms with E-state index in [9.17, 15) is 9.59 Å². The van der Waals surface area contributed by atoms with E-state index in [-0.39, 0.29) is 31.6 Å². The van der Waals surface area contributed by atoms with Gasteiger partial charge in [0.2, 0.25) is 0 Å². The van der Waals surface area contributed by atoms with E-state index in [2.05, 4.69) is 5.32 Å². The Kier molecular flexibility index (Phi) is 8.79. The Morgan fingerprint density at radius 1 is 1.04 bits per heavy atom. The van der Waals surface area contributed by atoms with Crippen LogP contribution in [0.3, 0.4) is 0 Å². The summed E-state index contributed by atoms with van der Waals surface area (Å²) in [4.78, 5) is 23.7. The molecule has 26 heavy (non-hydrogen) atoms. The van der Waals surface area contributed by atoms with Crippen molar-refractivity contribution in [2.24, 2.45) is 0 Å². The summed E-state index contributed by atoms with van der Waals surface area (Å²) in [5.74, 6) is 0.558. The predicted octanol–water partition coefficient (Wildman–Crippen LogP) is 3.24. The first-order chi connectivity index (χ1) is 12.7. The van der Waals surface area contributed by atoms with Gasteiger partial charge in [-0.25, -0.2) is 0 Å². The number of amides is 1. The van der Waals surface area contributed by atoms with E-state index in [1.165, 1.54) is 12.8 Å². The van der Waals surface area contributed by atoms with Crippen LogP contribution in [0, 0.1) is 0 Å². The van der Waals surface area contributed by atoms with Crippen molar-refractivity contribution in [1.82, 2.24) is 5.32 Å². The van der Waals surface area contributed by atoms with Crippen molar-refractivity contribution in [3.8, 4) is 11.5 Å². The second-order valence-corrected chi connectivity index (χ2v) is 6.39. The molecule has 0 aromatic heterocycles. The van der Waals surface area contributed by atoms with Gasteiger partial charge in [-0.1, -0.05) is 37.8 Å². The zero-order valence-electron chi connectivity index (χ0n) is 15.5. The molecule has 1 fully saturated rings. The fourth-order valence-electron chi connectivity index (χ4n) is 3.00. The van der Waals surface area contributed by atoms with E-state index in [4.69, 9.17) is 14.2 Å². The van der Waals surface area contributed by atoms with E-state index in [0.717, 1.165) is 25.7 Å². The molecular weight excluding hydrogens is 334 g/mol. The molecule has 0 unspecified atom stereocenters. The lowest BCUT2D eigenvalue weighted by atomic mass is 10.1. The van der Waals surface area contributed by atoms with Gasteiger partial charge in [0.25, 0.3) is 5.91 Å². The number of hydrogen-bond donors (Lipinski definition) is 1. The monoisotopic (exact) mass is 363 g/mol. The van der Waals surface area contributed by atoms with Crippen LogP contribution in [0.4, 0.5) is 0 Å². The van der Waals surface area contributed by atoms with Gasteiger partial charge in [0.1, 0.15) is 0 Å². The number of carbonyl (C=O) groups is 2. The molecule has 0 atom stereocenters. The molecule has 0 saturated heterocycles. The Balaban J connectivity index is 1.63. The lowest BCUT2D eigenvalue weighted by molar-refractivity contribution is -0.149. The number of carbonyl (C=O) groups excluding carboxylic acids is 2. The molecule has 1 aliphatic rings. The zero-order valence-corrected chi connectivity index (χ0v) is 15.5. The quantitative estimate of drug-likeness (QED) is 0.539. The summed E-state index contributed by atoms with van der Waals surface area (Å²) in [6.07, 6.45) is 6.84. The average Bonchev–Trinajstić information content (AvgIpc) is 2.90. The van der Waals surface area contributed by atoms with Crippen molar-refractivity contribution in [3.05, 3.63) is 24.3 Å². The summed E-state index contributed by atoms with van der Waals surface area (Å²) in [5.41, 5.74) is 0. The molecule has 1 N–H and O–H groups in total. The topological polar surface area (TPSA) is 73.9 Å². The second-order valence-electron chi connectivity index (χ2n) is 6.39. The van der Waals surface area contributed by atoms with Gasteiger partial charge in [0.15, 0.2) is 18.1 Å². The van der Waals surface area contributed by atoms with Gasteiger partial charge in [-0.15, -0.1) is 0 Å². The molecule has 0 heterocycles. The molecule has 1 saturated carbocycles. The van der Waals surface area contributed by atoms with Crippen molar-refractivity contribution < 1.29 is 23.8 Å². The van der Waals surface area contributed by atoms with Crippen molar-refractivity contribution >= 4 is 11.9 Å². The summed E-state index contributed by atoms with van der Waals surface area (Å²) in [6, 6.07) is 7.51. The third-order valence-electron chi connectivity index (χ3n) is 4.30. The number of esters is 1. The highest BCUT2D eigenvalue weighted by atomic mass is 16.5. The number of benzene rings is 1. The molecule has 0 aliphatic heterocycles. The van der Waals surface area contributed by atoms with Crippen molar-refractivity contribution in [2.45, 2.75) is 57.9 Å². The Bertz CT molecular complexity index is 567. The van der Waals surface area contributed by atoms with Gasteiger partial charge in [0, 0.05) is 6.04 Å². The SMILES string of the molecule is CCOc1ccccc1OCCC(=O)OCC(=O)NC1CCCCCC1. The maximum atomic E-state index is 11.9. The molecule has 2 rings (SSSR count). The van der Waals surface area contributed by atoms with Crippen LogP contribution in [-0.4, -0.2) is 37.7 Å². The summed E-state index contributed by atoms with van der Waals surface area (Å²) >= 11 is 0. The predicted molar refractivity (Wildman–Crippen MR) is 98.3 cm³/mol. The molecule has 0 radical (unpaired) electrons. The maximum Gasteiger partial charge on any atom is 0.309 e. The highest BCUT2D eigenvalue weighted by Gasteiger charge is 2.16. The van der Waals surface area contributed by atoms with Gasteiger partial charge >= 0.3 is 5.97 Å². The Labute approximate surface area is 155 Å². The molecule has 0 spiro atoms. The number of nitrogens with one attached hydrogen (secondary N) is 1. The van der Waals surface area contributed by atoms with Crippen LogP contribution >= 0.6 is 0 Å². The van der Waals surface area contributed by atoms with E-state index in [1.54, 1.807) is 6.07 Å². The first-order valence-electron chi connectivity index (χ1n) is 9.48. The van der Waals surface area contributed by atoms with Crippen LogP contribution in [0.25, 0.3) is 0 Å². The van der Waals surface area contributed by atoms with E-state index in [1.807, 2.05) is 25.1 Å². The van der Waals surface area contributed by atoms with Crippen molar-refractivity contribution in [2.75, 3.05) is 19.8 Å². The summed E-state index contributed by atoms with van der Waals surface area (Å²) in [6.45, 7) is 2.38. The third-order valence-corrected chi connectivity index (χ3v) is 4.30. The van der Waals surface area contributed by atoms with Crippen LogP contribution < -0.4 is 14.8 Å². The fraction of sp³-hybridized carbons (Fsp3) is 0.600. The first-order valence-corrected chi connectivity index (χ1v) is 9.48. The molecule has 1 amide bonds. The minimum absolute atomic E-state index is 0.0805. The summed E-state index contributed by atoms with van der Waals surface area (Å²) < 4.78 is 16.1. The van der Waals surface area contributed by atoms with E-state index >= 15 is 0 Å². The molecule has 1 aromatic rings. The molecule has 1 aromatic carbocycles. The average molecular weight is 363 g/mol. The van der Waals surface area contributed by atoms with Gasteiger partial charge in [-0.2, -0.15) is 0 Å². The lowest BCUT2D eigenvalue weighted by Crippen LogP contribution is -2.37. The van der Waals surface area contributed by atoms with Crippen LogP contribution in [0.15, 0.2) is 24.3 Å². The van der Waals surface area contributed by atoms with Crippen LogP contribution in [-0.2, 0) is 14.3 Å². The molecule has 6 nitrogen and oxygen atoms in total. The number of ether oxygens (including phenoxy) is 3. The second kappa shape index (κ2) is 11.4. The Morgan fingerprint density at radius 2 is 1.69 bits per heavy atom. The largest absolute Gasteiger partial charge is 0.490 e. The van der Waals surface area contributed by atoms with Crippen molar-refractivity contribution in [1.29, 1.82) is 0 Å². The van der Waals surface area contributed by atoms with Crippen molar-refractivity contribution in [3.63, 3.8) is 0 Å². The van der Waals surface area contributed by atoms with Crippen LogP contribution in [0.1, 0.15) is 51.9 Å². The van der Waals surface area contributed by atoms with Gasteiger partial charge in [0.05, 0.1) is 19.6 Å². The standard InChI is InChI=1S/C20H29NO5/c1-2-24-17-11-7-8-12-18(17)25-14-13-20(23)26-15-19(22)21-16-9-5-3-4-6-10-16/h7-8,11-12,16H,2-6,9-10,13-15H2,1H3,(H,21,22). The van der Waals surface area contributed by atoms with E-state index < -0.39 is 5.97 Å². The van der Waals surface area contributed by atoms with Gasteiger partial charge in [-0.05, 0) is 31.9 Å². The molecule has 6 heteroatoms. The molecule has 1 aliphatic carbocycles. The number of rotatable bonds is 9. The first kappa shape index (κ1) is 20.1. The minimum Gasteiger partial charge on any atom is -0.490 e. The summed E-state index contributed by atoms with van der Waals surface area (Å²) in [7, 11) is 0.